The molecular weight excluding hydrogens is 432 g/mol. The highest BCUT2D eigenvalue weighted by Gasteiger charge is 2.28. The van der Waals surface area contributed by atoms with E-state index < -0.39 is 27.5 Å². The van der Waals surface area contributed by atoms with Crippen LogP contribution in [0.2, 0.25) is 0 Å². The van der Waals surface area contributed by atoms with Crippen LogP contribution in [0.5, 0.6) is 0 Å². The van der Waals surface area contributed by atoms with Crippen molar-refractivity contribution in [3.63, 3.8) is 0 Å². The first-order chi connectivity index (χ1) is 15.3. The quantitative estimate of drug-likeness (QED) is 0.171. The molecular formula is C24H38O7S. The molecule has 0 heterocycles. The molecule has 32 heavy (non-hydrogen) atoms. The number of rotatable bonds is 17. The molecule has 1 unspecified atom stereocenters. The van der Waals surface area contributed by atoms with Gasteiger partial charge in [-0.1, -0.05) is 90.2 Å². The van der Waals surface area contributed by atoms with E-state index >= 15 is 0 Å². The van der Waals surface area contributed by atoms with Gasteiger partial charge in [0, 0.05) is 0 Å². The van der Waals surface area contributed by atoms with E-state index in [1.165, 1.54) is 76.5 Å². The molecule has 0 radical (unpaired) electrons. The second-order valence-corrected chi connectivity index (χ2v) is 9.53. The lowest BCUT2D eigenvalue weighted by Crippen LogP contribution is -2.27. The number of unbranched alkanes of at least 4 members (excludes halogenated alkanes) is 10. The van der Waals surface area contributed by atoms with Crippen molar-refractivity contribution in [1.29, 1.82) is 0 Å². The normalized spacial score (nSPS) is 12.3. The Kier molecular flexibility index (Phi) is 13.9. The zero-order chi connectivity index (χ0) is 23.8. The minimum atomic E-state index is -4.55. The maximum atomic E-state index is 12.4. The van der Waals surface area contributed by atoms with E-state index in [0.29, 0.717) is 0 Å². The number of hydrogen-bond acceptors (Lipinski definition) is 6. The first kappa shape index (κ1) is 28.1. The van der Waals surface area contributed by atoms with Gasteiger partial charge in [0.15, 0.2) is 0 Å². The SMILES string of the molecule is CCCCCCCCCCCCCOC(=O)c1ccccc1C(=O)OC(CC)S(=O)(=O)O. The lowest BCUT2D eigenvalue weighted by atomic mass is 10.1. The van der Waals surface area contributed by atoms with Gasteiger partial charge in [0.2, 0.25) is 5.44 Å². The molecule has 1 aromatic carbocycles. The van der Waals surface area contributed by atoms with Gasteiger partial charge in [-0.25, -0.2) is 9.59 Å². The third kappa shape index (κ3) is 11.1. The second-order valence-electron chi connectivity index (χ2n) is 7.98. The van der Waals surface area contributed by atoms with Gasteiger partial charge in [-0.15, -0.1) is 0 Å². The Morgan fingerprint density at radius 2 is 1.28 bits per heavy atom. The molecule has 0 aromatic heterocycles. The van der Waals surface area contributed by atoms with Gasteiger partial charge in [0.25, 0.3) is 0 Å². The molecule has 7 nitrogen and oxygen atoms in total. The Bertz CT molecular complexity index is 789. The lowest BCUT2D eigenvalue weighted by Gasteiger charge is -2.14. The van der Waals surface area contributed by atoms with E-state index in [1.807, 2.05) is 0 Å². The van der Waals surface area contributed by atoms with Gasteiger partial charge in [0.1, 0.15) is 0 Å². The molecule has 1 N–H and O–H groups in total. The van der Waals surface area contributed by atoms with E-state index in [0.717, 1.165) is 19.3 Å². The summed E-state index contributed by atoms with van der Waals surface area (Å²) < 4.78 is 41.8. The average molecular weight is 471 g/mol. The Hall–Kier alpha value is -1.93. The van der Waals surface area contributed by atoms with Crippen LogP contribution in [0.25, 0.3) is 0 Å². The molecule has 0 bridgehead atoms. The number of esters is 2. The summed E-state index contributed by atoms with van der Waals surface area (Å²) in [5, 5.41) is 0. The molecule has 0 spiro atoms. The van der Waals surface area contributed by atoms with Crippen LogP contribution < -0.4 is 0 Å². The van der Waals surface area contributed by atoms with Crippen LogP contribution in [-0.2, 0) is 19.6 Å². The smallest absolute Gasteiger partial charge is 0.340 e. The van der Waals surface area contributed by atoms with Crippen LogP contribution in [0.3, 0.4) is 0 Å². The second kappa shape index (κ2) is 15.8. The summed E-state index contributed by atoms with van der Waals surface area (Å²) in [5.41, 5.74) is -1.78. The molecule has 0 fully saturated rings. The van der Waals surface area contributed by atoms with Crippen molar-refractivity contribution >= 4 is 22.1 Å². The molecule has 0 amide bonds. The average Bonchev–Trinajstić information content (AvgIpc) is 2.77. The van der Waals surface area contributed by atoms with Crippen LogP contribution in [-0.4, -0.2) is 37.0 Å². The molecule has 0 aliphatic heterocycles. The van der Waals surface area contributed by atoms with E-state index in [2.05, 4.69) is 6.92 Å². The molecule has 8 heteroatoms. The van der Waals surface area contributed by atoms with E-state index in [4.69, 9.17) is 14.0 Å². The topological polar surface area (TPSA) is 107 Å². The van der Waals surface area contributed by atoms with Crippen LogP contribution in [0, 0.1) is 0 Å². The molecule has 0 saturated carbocycles. The van der Waals surface area contributed by atoms with E-state index in [-0.39, 0.29) is 24.2 Å². The van der Waals surface area contributed by atoms with Crippen LogP contribution in [0.15, 0.2) is 24.3 Å². The van der Waals surface area contributed by atoms with Crippen LogP contribution in [0.4, 0.5) is 0 Å². The zero-order valence-electron chi connectivity index (χ0n) is 19.4. The van der Waals surface area contributed by atoms with Crippen molar-refractivity contribution in [1.82, 2.24) is 0 Å². The summed E-state index contributed by atoms with van der Waals surface area (Å²) in [7, 11) is -4.55. The fraction of sp³-hybridized carbons (Fsp3) is 0.667. The first-order valence-electron chi connectivity index (χ1n) is 11.7. The molecule has 1 aromatic rings. The Morgan fingerprint density at radius 1 is 0.812 bits per heavy atom. The highest BCUT2D eigenvalue weighted by Crippen LogP contribution is 2.16. The van der Waals surface area contributed by atoms with Gasteiger partial charge in [-0.3, -0.25) is 4.55 Å². The Labute approximate surface area is 192 Å². The van der Waals surface area contributed by atoms with E-state index in [1.54, 1.807) is 6.07 Å². The van der Waals surface area contributed by atoms with Crippen molar-refractivity contribution < 1.29 is 32.0 Å². The molecule has 182 valence electrons. The molecule has 0 aliphatic rings. The van der Waals surface area contributed by atoms with Crippen molar-refractivity contribution in [2.45, 2.75) is 96.3 Å². The van der Waals surface area contributed by atoms with E-state index in [9.17, 15) is 18.0 Å². The lowest BCUT2D eigenvalue weighted by molar-refractivity contribution is 0.0402. The number of carbonyl (C=O) groups is 2. The fourth-order valence-corrected chi connectivity index (χ4v) is 4.02. The van der Waals surface area contributed by atoms with Crippen molar-refractivity contribution in [2.75, 3.05) is 6.61 Å². The van der Waals surface area contributed by atoms with Gasteiger partial charge in [-0.05, 0) is 25.0 Å². The molecule has 0 aliphatic carbocycles. The van der Waals surface area contributed by atoms with Crippen molar-refractivity contribution in [3.8, 4) is 0 Å². The number of carbonyl (C=O) groups excluding carboxylic acids is 2. The summed E-state index contributed by atoms with van der Waals surface area (Å²) in [6, 6.07) is 5.90. The molecule has 0 saturated heterocycles. The third-order valence-electron chi connectivity index (χ3n) is 5.25. The standard InChI is InChI=1S/C24H38O7S/c1-3-5-6-7-8-9-10-11-12-13-16-19-30-23(25)20-17-14-15-18-21(20)24(26)31-22(4-2)32(27,28)29/h14-15,17-18,22H,3-13,16,19H2,1-2H3,(H,27,28,29). The summed E-state index contributed by atoms with van der Waals surface area (Å²) in [4.78, 5) is 24.8. The van der Waals surface area contributed by atoms with Crippen molar-refractivity contribution in [2.24, 2.45) is 0 Å². The van der Waals surface area contributed by atoms with Gasteiger partial charge in [-0.2, -0.15) is 8.42 Å². The third-order valence-corrected chi connectivity index (χ3v) is 6.35. The number of benzene rings is 1. The fourth-order valence-electron chi connectivity index (χ4n) is 3.39. The van der Waals surface area contributed by atoms with Gasteiger partial charge < -0.3 is 9.47 Å². The largest absolute Gasteiger partial charge is 0.462 e. The predicted octanol–water partition coefficient (Wildman–Crippen LogP) is 5.94. The molecule has 1 rings (SSSR count). The van der Waals surface area contributed by atoms with Crippen molar-refractivity contribution in [3.05, 3.63) is 35.4 Å². The highest BCUT2D eigenvalue weighted by atomic mass is 32.2. The maximum absolute atomic E-state index is 12.4. The Balaban J connectivity index is 2.36. The zero-order valence-corrected chi connectivity index (χ0v) is 20.2. The summed E-state index contributed by atoms with van der Waals surface area (Å²) in [6.07, 6.45) is 13.0. The van der Waals surface area contributed by atoms with Crippen LogP contribution >= 0.6 is 0 Å². The molecule has 1 atom stereocenters. The minimum absolute atomic E-state index is 0.00534. The summed E-state index contributed by atoms with van der Waals surface area (Å²) >= 11 is 0. The van der Waals surface area contributed by atoms with Crippen LogP contribution in [0.1, 0.15) is 112 Å². The van der Waals surface area contributed by atoms with Gasteiger partial charge in [0.05, 0.1) is 17.7 Å². The van der Waals surface area contributed by atoms with Gasteiger partial charge >= 0.3 is 22.1 Å². The summed E-state index contributed by atoms with van der Waals surface area (Å²) in [6.45, 7) is 3.93. The number of hydrogen-bond donors (Lipinski definition) is 1. The first-order valence-corrected chi connectivity index (χ1v) is 13.2. The highest BCUT2D eigenvalue weighted by molar-refractivity contribution is 7.86. The monoisotopic (exact) mass is 470 g/mol. The maximum Gasteiger partial charge on any atom is 0.340 e. The minimum Gasteiger partial charge on any atom is -0.462 e. The number of ether oxygens (including phenoxy) is 2. The predicted molar refractivity (Wildman–Crippen MR) is 124 cm³/mol. The summed E-state index contributed by atoms with van der Waals surface area (Å²) in [5.74, 6) is -1.67. The Morgan fingerprint density at radius 3 is 1.75 bits per heavy atom.